The minimum atomic E-state index is 0.605. The zero-order chi connectivity index (χ0) is 34.9. The highest BCUT2D eigenvalue weighted by atomic mass is 16.3. The quantitative estimate of drug-likeness (QED) is 0.173. The van der Waals surface area contributed by atoms with Gasteiger partial charge in [0.25, 0.3) is 0 Å². The molecular weight excluding hydrogens is 649 g/mol. The number of para-hydroxylation sites is 1. The van der Waals surface area contributed by atoms with Crippen LogP contribution in [0.15, 0.2) is 156 Å². The van der Waals surface area contributed by atoms with Crippen LogP contribution in [0.25, 0.3) is 106 Å². The molecule has 53 heavy (non-hydrogen) atoms. The van der Waals surface area contributed by atoms with Crippen LogP contribution in [-0.2, 0) is 6.42 Å². The summed E-state index contributed by atoms with van der Waals surface area (Å²) in [6.07, 6.45) is 6.18. The first-order valence-corrected chi connectivity index (χ1v) is 18.0. The number of nitrogens with zero attached hydrogens (tertiary/aromatic N) is 4. The van der Waals surface area contributed by atoms with Gasteiger partial charge in [0.1, 0.15) is 11.3 Å². The fourth-order valence-corrected chi connectivity index (χ4v) is 8.07. The van der Waals surface area contributed by atoms with Gasteiger partial charge in [0, 0.05) is 33.2 Å². The number of fused-ring (bicyclic) bond motifs is 11. The predicted molar refractivity (Wildman–Crippen MR) is 217 cm³/mol. The Morgan fingerprint density at radius 1 is 0.434 bits per heavy atom. The predicted octanol–water partition coefficient (Wildman–Crippen LogP) is 12.3. The van der Waals surface area contributed by atoms with Crippen LogP contribution in [0.4, 0.5) is 0 Å². The van der Waals surface area contributed by atoms with Crippen molar-refractivity contribution in [3.8, 4) is 45.4 Å². The Balaban J connectivity index is 1.12. The van der Waals surface area contributed by atoms with E-state index >= 15 is 0 Å². The first-order valence-electron chi connectivity index (χ1n) is 18.0. The standard InChI is InChI=1S/C48H30N4O/c1-2-13-29(14-3-1)46-50-47(52-48(51-46)32-25-26-37-35-19-5-4-17-33(35)34-18-6-7-20-36(34)40(37)28-32)31-16-12-15-30(27-31)44-43-39-22-9-11-24-42(39)53-45(43)38-21-8-10-23-41(38)49-44/h1-8,10-21,23-28H,9,22H2. The molecule has 11 rings (SSSR count). The van der Waals surface area contributed by atoms with Gasteiger partial charge < -0.3 is 4.42 Å². The van der Waals surface area contributed by atoms with Crippen LogP contribution in [0, 0.1) is 0 Å². The Hall–Kier alpha value is -6.98. The van der Waals surface area contributed by atoms with E-state index in [1.807, 2.05) is 42.5 Å². The summed E-state index contributed by atoms with van der Waals surface area (Å²) in [5.74, 6) is 2.78. The number of allylic oxidation sites excluding steroid dienone is 1. The fourth-order valence-electron chi connectivity index (χ4n) is 8.07. The van der Waals surface area contributed by atoms with E-state index in [-0.39, 0.29) is 0 Å². The number of furan rings is 1. The summed E-state index contributed by atoms with van der Waals surface area (Å²) in [5.41, 5.74) is 7.66. The maximum atomic E-state index is 6.53. The molecule has 0 aliphatic heterocycles. The van der Waals surface area contributed by atoms with E-state index in [4.69, 9.17) is 24.4 Å². The van der Waals surface area contributed by atoms with Crippen LogP contribution < -0.4 is 0 Å². The number of hydrogen-bond donors (Lipinski definition) is 0. The van der Waals surface area contributed by atoms with Gasteiger partial charge in [-0.05, 0) is 75.5 Å². The number of rotatable bonds is 4. The Labute approximate surface area is 305 Å². The third-order valence-electron chi connectivity index (χ3n) is 10.6. The van der Waals surface area contributed by atoms with Gasteiger partial charge >= 0.3 is 0 Å². The van der Waals surface area contributed by atoms with Gasteiger partial charge in [0.15, 0.2) is 17.5 Å². The lowest BCUT2D eigenvalue weighted by Gasteiger charge is -2.13. The number of pyridine rings is 1. The third-order valence-corrected chi connectivity index (χ3v) is 10.6. The Kier molecular flexibility index (Phi) is 6.61. The van der Waals surface area contributed by atoms with Crippen LogP contribution in [0.5, 0.6) is 0 Å². The number of hydrogen-bond acceptors (Lipinski definition) is 5. The largest absolute Gasteiger partial charge is 0.456 e. The van der Waals surface area contributed by atoms with E-state index in [0.717, 1.165) is 68.4 Å². The summed E-state index contributed by atoms with van der Waals surface area (Å²) >= 11 is 0. The van der Waals surface area contributed by atoms with Crippen molar-refractivity contribution in [2.24, 2.45) is 0 Å². The van der Waals surface area contributed by atoms with Crippen molar-refractivity contribution < 1.29 is 4.42 Å². The lowest BCUT2D eigenvalue weighted by atomic mass is 9.93. The zero-order valence-corrected chi connectivity index (χ0v) is 28.6. The molecule has 0 N–H and O–H groups in total. The highest BCUT2D eigenvalue weighted by Gasteiger charge is 2.23. The Bertz CT molecular complexity index is 3090. The fraction of sp³-hybridized carbons (Fsp3) is 0.0417. The molecule has 0 bridgehead atoms. The normalized spacial score (nSPS) is 12.7. The molecule has 0 saturated heterocycles. The lowest BCUT2D eigenvalue weighted by Crippen LogP contribution is -2.00. The van der Waals surface area contributed by atoms with Crippen molar-refractivity contribution in [1.29, 1.82) is 0 Å². The first-order chi connectivity index (χ1) is 26.3. The van der Waals surface area contributed by atoms with Crippen molar-refractivity contribution in [3.05, 3.63) is 163 Å². The smallest absolute Gasteiger partial charge is 0.164 e. The summed E-state index contributed by atoms with van der Waals surface area (Å²) in [7, 11) is 0. The molecule has 10 aromatic rings. The zero-order valence-electron chi connectivity index (χ0n) is 28.6. The highest BCUT2D eigenvalue weighted by molar-refractivity contribution is 6.25. The molecule has 0 fully saturated rings. The molecule has 3 heterocycles. The molecule has 0 radical (unpaired) electrons. The van der Waals surface area contributed by atoms with Crippen LogP contribution in [-0.4, -0.2) is 19.9 Å². The molecule has 5 heteroatoms. The van der Waals surface area contributed by atoms with E-state index in [9.17, 15) is 0 Å². The summed E-state index contributed by atoms with van der Waals surface area (Å²) < 4.78 is 6.53. The molecule has 0 saturated carbocycles. The van der Waals surface area contributed by atoms with Gasteiger partial charge in [0.05, 0.1) is 16.6 Å². The SMILES string of the molecule is C1=Cc2oc3c(c(-c4cccc(-c5nc(-c6ccccc6)nc(-c6ccc7c8ccccc8c8ccccc8c7c6)n5)c4)nc4ccccc43)c2CC1. The van der Waals surface area contributed by atoms with E-state index in [2.05, 4.69) is 115 Å². The summed E-state index contributed by atoms with van der Waals surface area (Å²) in [6.45, 7) is 0. The van der Waals surface area contributed by atoms with Crippen molar-refractivity contribution in [1.82, 2.24) is 19.9 Å². The Morgan fingerprint density at radius 3 is 1.74 bits per heavy atom. The van der Waals surface area contributed by atoms with Gasteiger partial charge in [-0.1, -0.05) is 127 Å². The van der Waals surface area contributed by atoms with Crippen molar-refractivity contribution in [2.45, 2.75) is 12.8 Å². The van der Waals surface area contributed by atoms with E-state index < -0.39 is 0 Å². The second-order valence-corrected chi connectivity index (χ2v) is 13.7. The van der Waals surface area contributed by atoms with Gasteiger partial charge in [-0.2, -0.15) is 0 Å². The topological polar surface area (TPSA) is 64.7 Å². The van der Waals surface area contributed by atoms with Gasteiger partial charge in [0.2, 0.25) is 0 Å². The number of aromatic nitrogens is 4. The van der Waals surface area contributed by atoms with Crippen molar-refractivity contribution in [3.63, 3.8) is 0 Å². The molecule has 0 spiro atoms. The molecule has 5 nitrogen and oxygen atoms in total. The summed E-state index contributed by atoms with van der Waals surface area (Å²) in [4.78, 5) is 20.6. The molecule has 1 aliphatic carbocycles. The van der Waals surface area contributed by atoms with Gasteiger partial charge in [-0.3, -0.25) is 0 Å². The minimum absolute atomic E-state index is 0.605. The minimum Gasteiger partial charge on any atom is -0.456 e. The average molecular weight is 679 g/mol. The highest BCUT2D eigenvalue weighted by Crippen LogP contribution is 2.41. The van der Waals surface area contributed by atoms with E-state index in [1.165, 1.54) is 37.9 Å². The van der Waals surface area contributed by atoms with Crippen LogP contribution in [0.3, 0.4) is 0 Å². The molecule has 7 aromatic carbocycles. The molecular formula is C48H30N4O. The van der Waals surface area contributed by atoms with E-state index in [0.29, 0.717) is 17.5 Å². The monoisotopic (exact) mass is 678 g/mol. The van der Waals surface area contributed by atoms with Crippen LogP contribution >= 0.6 is 0 Å². The number of benzene rings is 7. The molecule has 0 amide bonds. The van der Waals surface area contributed by atoms with Crippen LogP contribution in [0.2, 0.25) is 0 Å². The lowest BCUT2D eigenvalue weighted by molar-refractivity contribution is 0.598. The molecule has 0 unspecified atom stereocenters. The number of aryl methyl sites for hydroxylation is 1. The maximum Gasteiger partial charge on any atom is 0.164 e. The van der Waals surface area contributed by atoms with Gasteiger partial charge in [-0.15, -0.1) is 0 Å². The van der Waals surface area contributed by atoms with Crippen molar-refractivity contribution >= 4 is 60.3 Å². The molecule has 1 aliphatic rings. The Morgan fingerprint density at radius 2 is 1.00 bits per heavy atom. The van der Waals surface area contributed by atoms with Gasteiger partial charge in [-0.25, -0.2) is 19.9 Å². The molecule has 248 valence electrons. The molecule has 0 atom stereocenters. The summed E-state index contributed by atoms with van der Waals surface area (Å²) in [5, 5.41) is 9.41. The first kappa shape index (κ1) is 29.7. The third kappa shape index (κ3) is 4.78. The average Bonchev–Trinajstić information content (AvgIpc) is 3.64. The van der Waals surface area contributed by atoms with Crippen molar-refractivity contribution in [2.75, 3.05) is 0 Å². The van der Waals surface area contributed by atoms with E-state index in [1.54, 1.807) is 0 Å². The second-order valence-electron chi connectivity index (χ2n) is 13.7. The van der Waals surface area contributed by atoms with Crippen LogP contribution in [0.1, 0.15) is 17.7 Å². The second kappa shape index (κ2) is 11.8. The maximum absolute atomic E-state index is 6.53. The summed E-state index contributed by atoms with van der Waals surface area (Å²) in [6, 6.07) is 50.6. The molecule has 3 aromatic heterocycles.